The Hall–Kier alpha value is -1.58. The van der Waals surface area contributed by atoms with Gasteiger partial charge in [0.2, 0.25) is 0 Å². The number of hydrogen-bond acceptors (Lipinski definition) is 4. The van der Waals surface area contributed by atoms with Crippen LogP contribution in [0.2, 0.25) is 0 Å². The van der Waals surface area contributed by atoms with Crippen LogP contribution in [-0.4, -0.2) is 30.6 Å². The predicted molar refractivity (Wildman–Crippen MR) is 70.9 cm³/mol. The molecule has 0 spiro atoms. The van der Waals surface area contributed by atoms with Crippen molar-refractivity contribution in [2.45, 2.75) is 38.6 Å². The van der Waals surface area contributed by atoms with Gasteiger partial charge in [-0.15, -0.1) is 0 Å². The van der Waals surface area contributed by atoms with Gasteiger partial charge in [0.25, 0.3) is 0 Å². The highest BCUT2D eigenvalue weighted by Gasteiger charge is 2.23. The van der Waals surface area contributed by atoms with E-state index in [-0.39, 0.29) is 5.97 Å². The SMILES string of the molecule is CCN(c1cc(C(=O)OC)ccn1)C1CCCC1. The smallest absolute Gasteiger partial charge is 0.338 e. The Morgan fingerprint density at radius 3 is 2.83 bits per heavy atom. The number of aromatic nitrogens is 1. The van der Waals surface area contributed by atoms with Gasteiger partial charge in [0, 0.05) is 18.8 Å². The Morgan fingerprint density at radius 2 is 2.22 bits per heavy atom. The Balaban J connectivity index is 2.22. The summed E-state index contributed by atoms with van der Waals surface area (Å²) in [5.41, 5.74) is 0.568. The molecule has 1 fully saturated rings. The second-order valence-corrected chi connectivity index (χ2v) is 4.62. The standard InChI is InChI=1S/C14H20N2O2/c1-3-16(12-6-4-5-7-12)13-10-11(8-9-15-13)14(17)18-2/h8-10,12H,3-7H2,1-2H3. The third-order valence-electron chi connectivity index (χ3n) is 3.57. The van der Waals surface area contributed by atoms with Crippen LogP contribution in [0.1, 0.15) is 43.0 Å². The van der Waals surface area contributed by atoms with Crippen molar-refractivity contribution in [3.05, 3.63) is 23.9 Å². The van der Waals surface area contributed by atoms with E-state index in [2.05, 4.69) is 16.8 Å². The molecule has 4 nitrogen and oxygen atoms in total. The second kappa shape index (κ2) is 5.85. The first kappa shape index (κ1) is 12.9. The number of pyridine rings is 1. The van der Waals surface area contributed by atoms with Gasteiger partial charge >= 0.3 is 5.97 Å². The van der Waals surface area contributed by atoms with Crippen molar-refractivity contribution < 1.29 is 9.53 Å². The van der Waals surface area contributed by atoms with Crippen LogP contribution in [0, 0.1) is 0 Å². The quantitative estimate of drug-likeness (QED) is 0.768. The molecule has 1 aliphatic rings. The molecule has 1 heterocycles. The number of nitrogens with zero attached hydrogens (tertiary/aromatic N) is 2. The summed E-state index contributed by atoms with van der Waals surface area (Å²) in [6, 6.07) is 4.08. The molecule has 1 aromatic rings. The number of anilines is 1. The second-order valence-electron chi connectivity index (χ2n) is 4.62. The van der Waals surface area contributed by atoms with Crippen LogP contribution >= 0.6 is 0 Å². The van der Waals surface area contributed by atoms with Crippen LogP contribution in [0.15, 0.2) is 18.3 Å². The summed E-state index contributed by atoms with van der Waals surface area (Å²) in [4.78, 5) is 18.2. The molecule has 1 aromatic heterocycles. The van der Waals surface area contributed by atoms with E-state index in [1.54, 1.807) is 12.3 Å². The van der Waals surface area contributed by atoms with Crippen LogP contribution < -0.4 is 4.90 Å². The summed E-state index contributed by atoms with van der Waals surface area (Å²) in [5, 5.41) is 0. The first-order chi connectivity index (χ1) is 8.76. The average molecular weight is 248 g/mol. The monoisotopic (exact) mass is 248 g/mol. The van der Waals surface area contributed by atoms with Crippen molar-refractivity contribution in [1.29, 1.82) is 0 Å². The van der Waals surface area contributed by atoms with Crippen molar-refractivity contribution in [1.82, 2.24) is 4.98 Å². The number of carbonyl (C=O) groups is 1. The fourth-order valence-corrected chi connectivity index (χ4v) is 2.64. The Bertz CT molecular complexity index is 414. The van der Waals surface area contributed by atoms with E-state index in [9.17, 15) is 4.79 Å². The maximum Gasteiger partial charge on any atom is 0.338 e. The third kappa shape index (κ3) is 2.63. The third-order valence-corrected chi connectivity index (χ3v) is 3.57. The van der Waals surface area contributed by atoms with Crippen LogP contribution in [0.4, 0.5) is 5.82 Å². The Morgan fingerprint density at radius 1 is 1.50 bits per heavy atom. The molecule has 0 amide bonds. The number of rotatable bonds is 4. The summed E-state index contributed by atoms with van der Waals surface area (Å²) >= 11 is 0. The van der Waals surface area contributed by atoms with Gasteiger partial charge in [0.15, 0.2) is 0 Å². The summed E-state index contributed by atoms with van der Waals surface area (Å²) in [6.45, 7) is 3.05. The van der Waals surface area contributed by atoms with Crippen LogP contribution in [0.25, 0.3) is 0 Å². The first-order valence-corrected chi connectivity index (χ1v) is 6.57. The van der Waals surface area contributed by atoms with Gasteiger partial charge < -0.3 is 9.64 Å². The lowest BCUT2D eigenvalue weighted by molar-refractivity contribution is 0.0600. The average Bonchev–Trinajstić information content (AvgIpc) is 2.93. The zero-order valence-corrected chi connectivity index (χ0v) is 11.1. The summed E-state index contributed by atoms with van der Waals surface area (Å²) in [5.74, 6) is 0.577. The minimum absolute atomic E-state index is 0.305. The minimum atomic E-state index is -0.305. The summed E-state index contributed by atoms with van der Waals surface area (Å²) in [6.07, 6.45) is 6.70. The molecule has 98 valence electrons. The van der Waals surface area contributed by atoms with E-state index in [1.807, 2.05) is 6.07 Å². The van der Waals surface area contributed by atoms with Gasteiger partial charge in [-0.25, -0.2) is 9.78 Å². The largest absolute Gasteiger partial charge is 0.465 e. The van der Waals surface area contributed by atoms with E-state index in [4.69, 9.17) is 4.74 Å². The molecular weight excluding hydrogens is 228 g/mol. The lowest BCUT2D eigenvalue weighted by Gasteiger charge is -2.28. The number of methoxy groups -OCH3 is 1. The van der Waals surface area contributed by atoms with E-state index in [1.165, 1.54) is 32.8 Å². The number of carbonyl (C=O) groups excluding carboxylic acids is 1. The summed E-state index contributed by atoms with van der Waals surface area (Å²) < 4.78 is 4.74. The Labute approximate surface area is 108 Å². The number of esters is 1. The molecule has 0 atom stereocenters. The highest BCUT2D eigenvalue weighted by Crippen LogP contribution is 2.27. The van der Waals surface area contributed by atoms with E-state index in [0.717, 1.165) is 12.4 Å². The Kier molecular flexibility index (Phi) is 4.18. The summed E-state index contributed by atoms with van der Waals surface area (Å²) in [7, 11) is 1.40. The van der Waals surface area contributed by atoms with Gasteiger partial charge in [0.1, 0.15) is 5.82 Å². The zero-order chi connectivity index (χ0) is 13.0. The number of ether oxygens (including phenoxy) is 1. The van der Waals surface area contributed by atoms with Crippen molar-refractivity contribution in [3.63, 3.8) is 0 Å². The van der Waals surface area contributed by atoms with Gasteiger partial charge in [0.05, 0.1) is 12.7 Å². The molecule has 18 heavy (non-hydrogen) atoms. The van der Waals surface area contributed by atoms with Gasteiger partial charge in [-0.3, -0.25) is 0 Å². The van der Waals surface area contributed by atoms with Crippen molar-refractivity contribution in [3.8, 4) is 0 Å². The van der Waals surface area contributed by atoms with Gasteiger partial charge in [-0.1, -0.05) is 12.8 Å². The fraction of sp³-hybridized carbons (Fsp3) is 0.571. The molecular formula is C14H20N2O2. The fourth-order valence-electron chi connectivity index (χ4n) is 2.64. The van der Waals surface area contributed by atoms with Crippen molar-refractivity contribution in [2.24, 2.45) is 0 Å². The van der Waals surface area contributed by atoms with Crippen LogP contribution in [0.3, 0.4) is 0 Å². The maximum atomic E-state index is 11.5. The molecule has 1 saturated carbocycles. The molecule has 0 saturated heterocycles. The highest BCUT2D eigenvalue weighted by molar-refractivity contribution is 5.90. The normalized spacial score (nSPS) is 15.7. The molecule has 1 aliphatic carbocycles. The topological polar surface area (TPSA) is 42.4 Å². The van der Waals surface area contributed by atoms with E-state index in [0.29, 0.717) is 11.6 Å². The molecule has 4 heteroatoms. The minimum Gasteiger partial charge on any atom is -0.465 e. The highest BCUT2D eigenvalue weighted by atomic mass is 16.5. The zero-order valence-electron chi connectivity index (χ0n) is 11.1. The molecule has 0 bridgehead atoms. The molecule has 0 unspecified atom stereocenters. The molecule has 2 rings (SSSR count). The van der Waals surface area contributed by atoms with Crippen LogP contribution in [0.5, 0.6) is 0 Å². The van der Waals surface area contributed by atoms with E-state index < -0.39 is 0 Å². The van der Waals surface area contributed by atoms with Gasteiger partial charge in [-0.2, -0.15) is 0 Å². The van der Waals surface area contributed by atoms with Crippen molar-refractivity contribution in [2.75, 3.05) is 18.6 Å². The predicted octanol–water partition coefficient (Wildman–Crippen LogP) is 2.64. The lowest BCUT2D eigenvalue weighted by Crippen LogP contribution is -2.33. The molecule has 0 aliphatic heterocycles. The van der Waals surface area contributed by atoms with E-state index >= 15 is 0 Å². The van der Waals surface area contributed by atoms with Crippen LogP contribution in [-0.2, 0) is 4.74 Å². The first-order valence-electron chi connectivity index (χ1n) is 6.57. The molecule has 0 N–H and O–H groups in total. The molecule has 0 aromatic carbocycles. The molecule has 0 radical (unpaired) electrons. The maximum absolute atomic E-state index is 11.5. The van der Waals surface area contributed by atoms with Gasteiger partial charge in [-0.05, 0) is 31.9 Å². The van der Waals surface area contributed by atoms with Crippen molar-refractivity contribution >= 4 is 11.8 Å². The number of hydrogen-bond donors (Lipinski definition) is 0. The lowest BCUT2D eigenvalue weighted by atomic mass is 10.2.